The van der Waals surface area contributed by atoms with Crippen molar-refractivity contribution in [3.05, 3.63) is 118 Å². The molecular formula is C34H35ClN2O3. The third-order valence-electron chi connectivity index (χ3n) is 7.51. The maximum Gasteiger partial charge on any atom is 0.232 e. The average Bonchev–Trinajstić information content (AvgIpc) is 2.97. The fourth-order valence-corrected chi connectivity index (χ4v) is 5.32. The Balaban J connectivity index is 1.54. The number of ether oxygens (including phenoxy) is 2. The second-order valence-corrected chi connectivity index (χ2v) is 10.7. The number of amides is 1. The van der Waals surface area contributed by atoms with Crippen LogP contribution in [0.5, 0.6) is 11.5 Å². The van der Waals surface area contributed by atoms with Crippen molar-refractivity contribution in [2.75, 3.05) is 24.0 Å². The van der Waals surface area contributed by atoms with Gasteiger partial charge in [0.2, 0.25) is 5.91 Å². The van der Waals surface area contributed by atoms with Gasteiger partial charge in [-0.25, -0.2) is 0 Å². The Hall–Kier alpha value is -3.96. The summed E-state index contributed by atoms with van der Waals surface area (Å²) in [6, 6.07) is 30.0. The van der Waals surface area contributed by atoms with Gasteiger partial charge in [-0.1, -0.05) is 61.0 Å². The zero-order chi connectivity index (χ0) is 28.2. The van der Waals surface area contributed by atoms with Crippen molar-refractivity contribution in [2.24, 2.45) is 0 Å². The van der Waals surface area contributed by atoms with E-state index in [0.717, 1.165) is 41.0 Å². The first-order chi connectivity index (χ1) is 19.4. The molecule has 5 nitrogen and oxygen atoms in total. The molecule has 0 saturated heterocycles. The maximum absolute atomic E-state index is 13.8. The van der Waals surface area contributed by atoms with Crippen molar-refractivity contribution in [2.45, 2.75) is 45.4 Å². The number of carbonyl (C=O) groups excluding carboxylic acids is 1. The molecule has 1 heterocycles. The first kappa shape index (κ1) is 27.6. The molecule has 4 aromatic rings. The molecule has 5 rings (SSSR count). The Morgan fingerprint density at radius 3 is 2.33 bits per heavy atom. The molecule has 4 aromatic carbocycles. The number of anilines is 2. The van der Waals surface area contributed by atoms with Crippen LogP contribution in [0.25, 0.3) is 0 Å². The first-order valence-corrected chi connectivity index (χ1v) is 14.1. The van der Waals surface area contributed by atoms with Gasteiger partial charge in [0.05, 0.1) is 25.7 Å². The molecule has 0 radical (unpaired) electrons. The van der Waals surface area contributed by atoms with Crippen molar-refractivity contribution in [3.63, 3.8) is 0 Å². The van der Waals surface area contributed by atoms with Crippen LogP contribution in [0, 0.1) is 0 Å². The van der Waals surface area contributed by atoms with Crippen LogP contribution in [0.1, 0.15) is 48.6 Å². The number of rotatable bonds is 9. The van der Waals surface area contributed by atoms with Gasteiger partial charge in [-0.05, 0) is 84.1 Å². The topological polar surface area (TPSA) is 42.0 Å². The highest BCUT2D eigenvalue weighted by Crippen LogP contribution is 2.44. The van der Waals surface area contributed by atoms with Crippen molar-refractivity contribution < 1.29 is 14.3 Å². The van der Waals surface area contributed by atoms with Crippen LogP contribution >= 0.6 is 11.6 Å². The summed E-state index contributed by atoms with van der Waals surface area (Å²) < 4.78 is 11.9. The molecule has 206 valence electrons. The Bertz CT molecular complexity index is 1460. The van der Waals surface area contributed by atoms with Crippen LogP contribution < -0.4 is 19.3 Å². The van der Waals surface area contributed by atoms with Gasteiger partial charge in [-0.3, -0.25) is 4.79 Å². The molecule has 0 aromatic heterocycles. The summed E-state index contributed by atoms with van der Waals surface area (Å²) in [6.45, 7) is 4.93. The molecule has 0 N–H and O–H groups in total. The van der Waals surface area contributed by atoms with E-state index in [0.29, 0.717) is 16.5 Å². The van der Waals surface area contributed by atoms with E-state index in [9.17, 15) is 4.79 Å². The summed E-state index contributed by atoms with van der Waals surface area (Å²) in [7, 11) is 3.71. The monoisotopic (exact) mass is 554 g/mol. The molecule has 0 bridgehead atoms. The van der Waals surface area contributed by atoms with E-state index in [1.54, 1.807) is 7.11 Å². The van der Waals surface area contributed by atoms with E-state index in [-0.39, 0.29) is 24.5 Å². The predicted octanol–water partition coefficient (Wildman–Crippen LogP) is 7.84. The molecule has 40 heavy (non-hydrogen) atoms. The molecule has 6 heteroatoms. The molecule has 2 unspecified atom stereocenters. The van der Waals surface area contributed by atoms with E-state index in [4.69, 9.17) is 21.1 Å². The average molecular weight is 555 g/mol. The van der Waals surface area contributed by atoms with Gasteiger partial charge in [-0.15, -0.1) is 0 Å². The van der Waals surface area contributed by atoms with Gasteiger partial charge in [0.15, 0.2) is 11.5 Å². The van der Waals surface area contributed by atoms with E-state index < -0.39 is 0 Å². The molecule has 0 aliphatic carbocycles. The molecular weight excluding hydrogens is 520 g/mol. The number of hydrogen-bond acceptors (Lipinski definition) is 4. The van der Waals surface area contributed by atoms with E-state index >= 15 is 0 Å². The number of nitrogens with zero attached hydrogens (tertiary/aromatic N) is 2. The Morgan fingerprint density at radius 2 is 1.68 bits per heavy atom. The Kier molecular flexibility index (Phi) is 8.32. The Labute approximate surface area is 241 Å². The molecule has 0 spiro atoms. The zero-order valence-corrected chi connectivity index (χ0v) is 24.2. The largest absolute Gasteiger partial charge is 0.493 e. The second-order valence-electron chi connectivity index (χ2n) is 10.3. The van der Waals surface area contributed by atoms with Gasteiger partial charge in [0.1, 0.15) is 0 Å². The highest BCUT2D eigenvalue weighted by Gasteiger charge is 2.36. The van der Waals surface area contributed by atoms with Gasteiger partial charge >= 0.3 is 0 Å². The maximum atomic E-state index is 13.8. The van der Waals surface area contributed by atoms with Gasteiger partial charge < -0.3 is 19.3 Å². The van der Waals surface area contributed by atoms with E-state index in [1.807, 2.05) is 66.4 Å². The molecule has 1 aliphatic heterocycles. The van der Waals surface area contributed by atoms with E-state index in [1.165, 1.54) is 5.56 Å². The fourth-order valence-electron chi connectivity index (χ4n) is 5.19. The van der Waals surface area contributed by atoms with Gasteiger partial charge in [0, 0.05) is 30.0 Å². The minimum Gasteiger partial charge on any atom is -0.493 e. The van der Waals surface area contributed by atoms with Crippen LogP contribution in [0.4, 0.5) is 11.4 Å². The number of carbonyl (C=O) groups is 1. The minimum absolute atomic E-state index is 0.0236. The molecule has 0 saturated carbocycles. The first-order valence-electron chi connectivity index (χ1n) is 13.7. The summed E-state index contributed by atoms with van der Waals surface area (Å²) in [5.74, 6) is 1.35. The number of benzene rings is 4. The summed E-state index contributed by atoms with van der Waals surface area (Å²) in [5.41, 5.74) is 6.09. The fraction of sp³-hybridized carbons (Fsp3) is 0.265. The number of hydrogen-bond donors (Lipinski definition) is 0. The predicted molar refractivity (Wildman–Crippen MR) is 163 cm³/mol. The summed E-state index contributed by atoms with van der Waals surface area (Å²) >= 11 is 6.25. The molecule has 0 fully saturated rings. The van der Waals surface area contributed by atoms with Crippen LogP contribution in [-0.4, -0.2) is 26.2 Å². The van der Waals surface area contributed by atoms with Crippen molar-refractivity contribution >= 4 is 28.9 Å². The second kappa shape index (κ2) is 12.1. The Morgan fingerprint density at radius 1 is 0.975 bits per heavy atom. The lowest BCUT2D eigenvalue weighted by Crippen LogP contribution is -2.41. The van der Waals surface area contributed by atoms with Gasteiger partial charge in [0.25, 0.3) is 0 Å². The van der Waals surface area contributed by atoms with Crippen molar-refractivity contribution in [1.82, 2.24) is 0 Å². The smallest absolute Gasteiger partial charge is 0.232 e. The van der Waals surface area contributed by atoms with E-state index in [2.05, 4.69) is 55.3 Å². The third-order valence-corrected chi connectivity index (χ3v) is 7.76. The van der Waals surface area contributed by atoms with Crippen LogP contribution in [0.15, 0.2) is 91.0 Å². The lowest BCUT2D eigenvalue weighted by atomic mass is 9.86. The lowest BCUT2D eigenvalue weighted by Gasteiger charge is -2.38. The highest BCUT2D eigenvalue weighted by molar-refractivity contribution is 6.30. The van der Waals surface area contributed by atoms with Crippen LogP contribution in [0.2, 0.25) is 5.02 Å². The lowest BCUT2D eigenvalue weighted by molar-refractivity contribution is -0.118. The molecule has 1 aliphatic rings. The minimum atomic E-state index is -0.341. The van der Waals surface area contributed by atoms with Crippen LogP contribution in [-0.2, 0) is 17.8 Å². The quantitative estimate of drug-likeness (QED) is 0.211. The zero-order valence-electron chi connectivity index (χ0n) is 23.4. The summed E-state index contributed by atoms with van der Waals surface area (Å²) in [6.07, 6.45) is 1.17. The van der Waals surface area contributed by atoms with Gasteiger partial charge in [-0.2, -0.15) is 0 Å². The summed E-state index contributed by atoms with van der Waals surface area (Å²) in [5, 5.41) is 0.652. The number of halogens is 1. The SMILES string of the molecule is CCC(C)Oc1cc2c(cc1OC)CC(=O)N(c1ccc(N(C)Cc3ccccc3)cc1)C2c1ccc(Cl)cc1. The number of fused-ring (bicyclic) bond motifs is 1. The van der Waals surface area contributed by atoms with Crippen molar-refractivity contribution in [3.8, 4) is 11.5 Å². The van der Waals surface area contributed by atoms with Crippen LogP contribution in [0.3, 0.4) is 0 Å². The normalized spacial score (nSPS) is 15.4. The standard InChI is InChI=1S/C34H35ClN2O3/c1-5-23(2)40-32-21-30-26(19-31(32)39-4)20-33(38)37(34(30)25-11-13-27(35)14-12-25)29-17-15-28(16-18-29)36(3)22-24-9-7-6-8-10-24/h6-19,21,23,34H,5,20,22H2,1-4H3. The molecule has 1 amide bonds. The van der Waals surface area contributed by atoms with Crippen molar-refractivity contribution in [1.29, 1.82) is 0 Å². The number of methoxy groups -OCH3 is 1. The molecule has 2 atom stereocenters. The summed E-state index contributed by atoms with van der Waals surface area (Å²) in [4.78, 5) is 17.9. The third kappa shape index (κ3) is 5.80. The highest BCUT2D eigenvalue weighted by atomic mass is 35.5.